The summed E-state index contributed by atoms with van der Waals surface area (Å²) in [7, 11) is -3.61. The second-order valence-electron chi connectivity index (χ2n) is 6.18. The van der Waals surface area contributed by atoms with E-state index in [2.05, 4.69) is 5.32 Å². The minimum atomic E-state index is -3.61. The van der Waals surface area contributed by atoms with Crippen molar-refractivity contribution in [2.45, 2.75) is 17.7 Å². The molecule has 24 heavy (non-hydrogen) atoms. The second-order valence-corrected chi connectivity index (χ2v) is 8.50. The fourth-order valence-corrected chi connectivity index (χ4v) is 5.18. The van der Waals surface area contributed by atoms with Gasteiger partial charge in [0.05, 0.1) is 5.02 Å². The molecule has 1 N–H and O–H groups in total. The Morgan fingerprint density at radius 2 is 1.71 bits per heavy atom. The number of halogens is 1. The Labute approximate surface area is 147 Å². The van der Waals surface area contributed by atoms with Gasteiger partial charge >= 0.3 is 0 Å². The predicted octanol–water partition coefficient (Wildman–Crippen LogP) is 1.17. The molecule has 8 heteroatoms. The van der Waals surface area contributed by atoms with Gasteiger partial charge in [-0.05, 0) is 38.1 Å². The van der Waals surface area contributed by atoms with E-state index < -0.39 is 10.0 Å². The van der Waals surface area contributed by atoms with Crippen LogP contribution in [0.25, 0.3) is 0 Å². The highest BCUT2D eigenvalue weighted by molar-refractivity contribution is 7.89. The van der Waals surface area contributed by atoms with E-state index in [1.165, 1.54) is 10.4 Å². The molecular formula is C16H22ClN3O3S. The van der Waals surface area contributed by atoms with E-state index in [1.807, 2.05) is 0 Å². The van der Waals surface area contributed by atoms with Crippen molar-refractivity contribution in [1.29, 1.82) is 0 Å². The number of sulfonamides is 1. The molecule has 1 aromatic rings. The molecule has 2 fully saturated rings. The molecule has 2 aliphatic heterocycles. The molecule has 0 bridgehead atoms. The monoisotopic (exact) mass is 371 g/mol. The third kappa shape index (κ3) is 3.59. The van der Waals surface area contributed by atoms with Crippen LogP contribution in [0.2, 0.25) is 5.02 Å². The summed E-state index contributed by atoms with van der Waals surface area (Å²) in [5.41, 5.74) is 0. The Morgan fingerprint density at radius 1 is 1.08 bits per heavy atom. The van der Waals surface area contributed by atoms with Gasteiger partial charge in [0.25, 0.3) is 0 Å². The average Bonchev–Trinajstić information content (AvgIpc) is 2.62. The minimum absolute atomic E-state index is 0.0676. The van der Waals surface area contributed by atoms with Crippen LogP contribution in [-0.2, 0) is 14.8 Å². The van der Waals surface area contributed by atoms with E-state index in [0.29, 0.717) is 26.2 Å². The summed E-state index contributed by atoms with van der Waals surface area (Å²) < 4.78 is 26.8. The Kier molecular flexibility index (Phi) is 5.44. The lowest BCUT2D eigenvalue weighted by atomic mass is 9.96. The Morgan fingerprint density at radius 3 is 2.33 bits per heavy atom. The molecule has 0 unspecified atom stereocenters. The number of piperidine rings is 1. The number of piperazine rings is 1. The second kappa shape index (κ2) is 7.39. The summed E-state index contributed by atoms with van der Waals surface area (Å²) in [6, 6.07) is 6.46. The van der Waals surface area contributed by atoms with Crippen LogP contribution in [0.1, 0.15) is 12.8 Å². The average molecular weight is 372 g/mol. The Bertz CT molecular complexity index is 696. The first-order chi connectivity index (χ1) is 11.5. The lowest BCUT2D eigenvalue weighted by Crippen LogP contribution is -2.52. The fourth-order valence-electron chi connectivity index (χ4n) is 3.27. The third-order valence-corrected chi connectivity index (χ3v) is 7.09. The van der Waals surface area contributed by atoms with Gasteiger partial charge in [-0.1, -0.05) is 23.7 Å². The number of nitrogens with one attached hydrogen (secondary N) is 1. The maximum absolute atomic E-state index is 12.7. The summed E-state index contributed by atoms with van der Waals surface area (Å²) in [5.74, 6) is 0.226. The van der Waals surface area contributed by atoms with Crippen molar-refractivity contribution < 1.29 is 13.2 Å². The maximum Gasteiger partial charge on any atom is 0.244 e. The largest absolute Gasteiger partial charge is 0.340 e. The smallest absolute Gasteiger partial charge is 0.244 e. The van der Waals surface area contributed by atoms with Gasteiger partial charge in [0, 0.05) is 32.1 Å². The van der Waals surface area contributed by atoms with Gasteiger partial charge in [-0.15, -0.1) is 0 Å². The van der Waals surface area contributed by atoms with Gasteiger partial charge in [0.15, 0.2) is 0 Å². The predicted molar refractivity (Wildman–Crippen MR) is 92.4 cm³/mol. The molecule has 1 amide bonds. The van der Waals surface area contributed by atoms with Crippen molar-refractivity contribution in [3.8, 4) is 0 Å². The lowest BCUT2D eigenvalue weighted by Gasteiger charge is -2.36. The minimum Gasteiger partial charge on any atom is -0.340 e. The van der Waals surface area contributed by atoms with Gasteiger partial charge in [-0.25, -0.2) is 8.42 Å². The van der Waals surface area contributed by atoms with Crippen molar-refractivity contribution in [3.05, 3.63) is 29.3 Å². The van der Waals surface area contributed by atoms with E-state index in [4.69, 9.17) is 11.6 Å². The summed E-state index contributed by atoms with van der Waals surface area (Å²) in [6.45, 7) is 3.24. The van der Waals surface area contributed by atoms with Crippen LogP contribution in [0.5, 0.6) is 0 Å². The number of carbonyl (C=O) groups excluding carboxylic acids is 1. The van der Waals surface area contributed by atoms with Crippen LogP contribution in [0.3, 0.4) is 0 Å². The molecule has 1 aromatic carbocycles. The highest BCUT2D eigenvalue weighted by Crippen LogP contribution is 2.25. The SMILES string of the molecule is O=C(C1CCNCC1)N1CCN(S(=O)(=O)c2ccccc2Cl)CC1. The van der Waals surface area contributed by atoms with Crippen LogP contribution in [0, 0.1) is 5.92 Å². The molecule has 2 heterocycles. The first kappa shape index (κ1) is 17.7. The van der Waals surface area contributed by atoms with Crippen molar-refractivity contribution in [2.75, 3.05) is 39.3 Å². The number of benzene rings is 1. The first-order valence-corrected chi connectivity index (χ1v) is 10.1. The van der Waals surface area contributed by atoms with E-state index in [9.17, 15) is 13.2 Å². The Hall–Kier alpha value is -1.15. The molecule has 3 rings (SSSR count). The first-order valence-electron chi connectivity index (χ1n) is 8.24. The molecule has 0 atom stereocenters. The Balaban J connectivity index is 1.64. The summed E-state index contributed by atoms with van der Waals surface area (Å²) in [4.78, 5) is 14.5. The van der Waals surface area contributed by atoms with E-state index >= 15 is 0 Å². The zero-order chi connectivity index (χ0) is 17.2. The molecule has 0 spiro atoms. The van der Waals surface area contributed by atoms with Crippen LogP contribution < -0.4 is 5.32 Å². The van der Waals surface area contributed by atoms with Crippen molar-refractivity contribution in [1.82, 2.24) is 14.5 Å². The van der Waals surface area contributed by atoms with Crippen LogP contribution >= 0.6 is 11.6 Å². The topological polar surface area (TPSA) is 69.7 Å². The van der Waals surface area contributed by atoms with Gasteiger partial charge in [-0.2, -0.15) is 4.31 Å². The number of amides is 1. The highest BCUT2D eigenvalue weighted by atomic mass is 35.5. The molecular weight excluding hydrogens is 350 g/mol. The number of hydrogen-bond donors (Lipinski definition) is 1. The quantitative estimate of drug-likeness (QED) is 0.866. The van der Waals surface area contributed by atoms with Crippen LogP contribution in [0.4, 0.5) is 0 Å². The summed E-state index contributed by atoms with van der Waals surface area (Å²) >= 11 is 6.03. The zero-order valence-electron chi connectivity index (χ0n) is 13.4. The normalized spacial score (nSPS) is 21.0. The lowest BCUT2D eigenvalue weighted by molar-refractivity contribution is -0.137. The van der Waals surface area contributed by atoms with Gasteiger partial charge < -0.3 is 10.2 Å². The highest BCUT2D eigenvalue weighted by Gasteiger charge is 2.33. The molecule has 0 aromatic heterocycles. The van der Waals surface area contributed by atoms with Gasteiger partial charge in [0.2, 0.25) is 15.9 Å². The van der Waals surface area contributed by atoms with Crippen molar-refractivity contribution in [2.24, 2.45) is 5.92 Å². The van der Waals surface area contributed by atoms with E-state index in [1.54, 1.807) is 23.1 Å². The van der Waals surface area contributed by atoms with E-state index in [0.717, 1.165) is 25.9 Å². The summed E-state index contributed by atoms with van der Waals surface area (Å²) in [6.07, 6.45) is 1.72. The van der Waals surface area contributed by atoms with Gasteiger partial charge in [0.1, 0.15) is 4.90 Å². The molecule has 2 saturated heterocycles. The number of hydrogen-bond acceptors (Lipinski definition) is 4. The molecule has 0 saturated carbocycles. The van der Waals surface area contributed by atoms with Crippen LogP contribution in [0.15, 0.2) is 29.2 Å². The standard InChI is InChI=1S/C16H22ClN3O3S/c17-14-3-1-2-4-15(14)24(22,23)20-11-9-19(10-12-20)16(21)13-5-7-18-8-6-13/h1-4,13,18H,5-12H2. The molecule has 132 valence electrons. The van der Waals surface area contributed by atoms with E-state index in [-0.39, 0.29) is 21.7 Å². The number of carbonyl (C=O) groups is 1. The zero-order valence-corrected chi connectivity index (χ0v) is 15.0. The summed E-state index contributed by atoms with van der Waals surface area (Å²) in [5, 5.41) is 3.48. The molecule has 0 radical (unpaired) electrons. The molecule has 0 aliphatic carbocycles. The van der Waals surface area contributed by atoms with Gasteiger partial charge in [-0.3, -0.25) is 4.79 Å². The maximum atomic E-state index is 12.7. The van der Waals surface area contributed by atoms with Crippen molar-refractivity contribution >= 4 is 27.5 Å². The number of nitrogens with zero attached hydrogens (tertiary/aromatic N) is 2. The number of rotatable bonds is 3. The molecule has 6 nitrogen and oxygen atoms in total. The van der Waals surface area contributed by atoms with Crippen LogP contribution in [-0.4, -0.2) is 62.8 Å². The third-order valence-electron chi connectivity index (χ3n) is 4.69. The van der Waals surface area contributed by atoms with Crippen molar-refractivity contribution in [3.63, 3.8) is 0 Å². The molecule has 2 aliphatic rings. The fraction of sp³-hybridized carbons (Fsp3) is 0.562.